The highest BCUT2D eigenvalue weighted by atomic mass is 19.1. The molecule has 2 aromatic rings. The van der Waals surface area contributed by atoms with Crippen LogP contribution in [0.5, 0.6) is 0 Å². The summed E-state index contributed by atoms with van der Waals surface area (Å²) in [5.74, 6) is 0.406. The van der Waals surface area contributed by atoms with Crippen molar-refractivity contribution >= 4 is 5.88 Å². The van der Waals surface area contributed by atoms with E-state index in [9.17, 15) is 9.50 Å². The van der Waals surface area contributed by atoms with Crippen LogP contribution in [0.25, 0.3) is 11.3 Å². The zero-order chi connectivity index (χ0) is 23.9. The molecule has 2 aliphatic rings. The molecule has 4 rings (SSSR count). The summed E-state index contributed by atoms with van der Waals surface area (Å²) in [6.07, 6.45) is 1.59. The standard InChI is InChI=1S/C25H36FN3O5/c1-18(2)33-17-21(30)14-28(15-22-4-3-11-32-22)16-23-24(19-5-7-20(26)8-6-19)27-34-25(23)29-9-12-31-13-10-29/h5-8,18,21-22,30H,3-4,9-17H2,1-2H3/t21-,22+/m0/s1. The zero-order valence-electron chi connectivity index (χ0n) is 20.1. The summed E-state index contributed by atoms with van der Waals surface area (Å²) in [6, 6.07) is 6.30. The van der Waals surface area contributed by atoms with Crippen molar-refractivity contribution in [2.75, 3.05) is 57.5 Å². The Hall–Kier alpha value is -2.04. The van der Waals surface area contributed by atoms with Gasteiger partial charge in [-0.15, -0.1) is 0 Å². The van der Waals surface area contributed by atoms with Crippen molar-refractivity contribution in [2.45, 2.75) is 51.5 Å². The lowest BCUT2D eigenvalue weighted by Gasteiger charge is -2.30. The third kappa shape index (κ3) is 6.76. The molecule has 0 spiro atoms. The third-order valence-corrected chi connectivity index (χ3v) is 6.14. The van der Waals surface area contributed by atoms with E-state index in [0.717, 1.165) is 30.6 Å². The van der Waals surface area contributed by atoms with Gasteiger partial charge in [-0.2, -0.15) is 0 Å². The van der Waals surface area contributed by atoms with E-state index in [-0.39, 0.29) is 24.6 Å². The molecular weight excluding hydrogens is 441 g/mol. The van der Waals surface area contributed by atoms with E-state index in [0.29, 0.717) is 57.5 Å². The second kappa shape index (κ2) is 12.1. The lowest BCUT2D eigenvalue weighted by atomic mass is 10.1. The number of hydrogen-bond acceptors (Lipinski definition) is 8. The monoisotopic (exact) mass is 477 g/mol. The second-order valence-corrected chi connectivity index (χ2v) is 9.29. The minimum absolute atomic E-state index is 0.0531. The number of aliphatic hydroxyl groups is 1. The number of morpholine rings is 1. The number of aliphatic hydroxyl groups excluding tert-OH is 1. The predicted molar refractivity (Wildman–Crippen MR) is 126 cm³/mol. The van der Waals surface area contributed by atoms with E-state index in [1.807, 2.05) is 13.8 Å². The first-order chi connectivity index (χ1) is 16.5. The van der Waals surface area contributed by atoms with Crippen LogP contribution in [0.4, 0.5) is 10.3 Å². The average molecular weight is 478 g/mol. The lowest BCUT2D eigenvalue weighted by Crippen LogP contribution is -2.40. The van der Waals surface area contributed by atoms with Crippen LogP contribution in [-0.2, 0) is 20.8 Å². The molecule has 9 heteroatoms. The number of halogens is 1. The Morgan fingerprint density at radius 2 is 1.97 bits per heavy atom. The first-order valence-electron chi connectivity index (χ1n) is 12.2. The van der Waals surface area contributed by atoms with Gasteiger partial charge in [0.2, 0.25) is 5.88 Å². The van der Waals surface area contributed by atoms with Crippen LogP contribution in [0.3, 0.4) is 0 Å². The van der Waals surface area contributed by atoms with Gasteiger partial charge in [0.1, 0.15) is 11.5 Å². The molecule has 2 aliphatic heterocycles. The highest BCUT2D eigenvalue weighted by Gasteiger charge is 2.28. The molecule has 1 aromatic carbocycles. The largest absolute Gasteiger partial charge is 0.389 e. The molecule has 2 saturated heterocycles. The number of ether oxygens (including phenoxy) is 3. The fourth-order valence-corrected chi connectivity index (χ4v) is 4.45. The third-order valence-electron chi connectivity index (χ3n) is 6.14. The molecule has 0 bridgehead atoms. The van der Waals surface area contributed by atoms with Crippen molar-refractivity contribution in [2.24, 2.45) is 0 Å². The van der Waals surface area contributed by atoms with E-state index in [4.69, 9.17) is 18.7 Å². The van der Waals surface area contributed by atoms with E-state index in [2.05, 4.69) is 15.0 Å². The highest BCUT2D eigenvalue weighted by Crippen LogP contribution is 2.33. The van der Waals surface area contributed by atoms with Gasteiger partial charge in [-0.25, -0.2) is 4.39 Å². The normalized spacial score (nSPS) is 19.9. The summed E-state index contributed by atoms with van der Waals surface area (Å²) in [6.45, 7) is 9.25. The summed E-state index contributed by atoms with van der Waals surface area (Å²) in [4.78, 5) is 4.33. The molecule has 2 atom stereocenters. The molecule has 34 heavy (non-hydrogen) atoms. The number of anilines is 1. The van der Waals surface area contributed by atoms with Crippen molar-refractivity contribution in [1.82, 2.24) is 10.1 Å². The molecule has 0 aliphatic carbocycles. The van der Waals surface area contributed by atoms with Gasteiger partial charge in [0.15, 0.2) is 0 Å². The smallest absolute Gasteiger partial charge is 0.232 e. The fourth-order valence-electron chi connectivity index (χ4n) is 4.45. The summed E-state index contributed by atoms with van der Waals surface area (Å²) >= 11 is 0. The van der Waals surface area contributed by atoms with Crippen molar-refractivity contribution in [3.63, 3.8) is 0 Å². The molecule has 0 amide bonds. The van der Waals surface area contributed by atoms with Gasteiger partial charge in [0.05, 0.1) is 43.7 Å². The minimum atomic E-state index is -0.634. The van der Waals surface area contributed by atoms with Gasteiger partial charge in [0.25, 0.3) is 0 Å². The van der Waals surface area contributed by atoms with Crippen LogP contribution in [0.1, 0.15) is 32.3 Å². The summed E-state index contributed by atoms with van der Waals surface area (Å²) < 4.78 is 36.5. The molecule has 2 fully saturated rings. The van der Waals surface area contributed by atoms with E-state index < -0.39 is 6.10 Å². The van der Waals surface area contributed by atoms with Crippen LogP contribution >= 0.6 is 0 Å². The van der Waals surface area contributed by atoms with Gasteiger partial charge < -0.3 is 28.7 Å². The SMILES string of the molecule is CC(C)OC[C@@H](O)CN(Cc1c(-c2ccc(F)cc2)noc1N1CCOCC1)C[C@H]1CCCO1. The highest BCUT2D eigenvalue weighted by molar-refractivity contribution is 5.68. The van der Waals surface area contributed by atoms with Crippen LogP contribution < -0.4 is 4.90 Å². The number of benzene rings is 1. The van der Waals surface area contributed by atoms with Gasteiger partial charge in [0, 0.05) is 44.9 Å². The second-order valence-electron chi connectivity index (χ2n) is 9.29. The van der Waals surface area contributed by atoms with Gasteiger partial charge in [-0.05, 0) is 51.0 Å². The van der Waals surface area contributed by atoms with Gasteiger partial charge >= 0.3 is 0 Å². The Kier molecular flexibility index (Phi) is 8.91. The van der Waals surface area contributed by atoms with Crippen LogP contribution in [0.2, 0.25) is 0 Å². The molecule has 1 N–H and O–H groups in total. The molecule has 0 saturated carbocycles. The van der Waals surface area contributed by atoms with E-state index in [1.54, 1.807) is 12.1 Å². The molecule has 3 heterocycles. The first kappa shape index (κ1) is 25.1. The maximum atomic E-state index is 13.6. The van der Waals surface area contributed by atoms with E-state index in [1.165, 1.54) is 12.1 Å². The molecule has 8 nitrogen and oxygen atoms in total. The number of rotatable bonds is 11. The summed E-state index contributed by atoms with van der Waals surface area (Å²) in [7, 11) is 0. The Bertz CT molecular complexity index is 879. The average Bonchev–Trinajstić information content (AvgIpc) is 3.49. The first-order valence-corrected chi connectivity index (χ1v) is 12.2. The topological polar surface area (TPSA) is 80.4 Å². The Morgan fingerprint density at radius 3 is 2.65 bits per heavy atom. The maximum absolute atomic E-state index is 13.6. The Balaban J connectivity index is 1.60. The molecule has 188 valence electrons. The van der Waals surface area contributed by atoms with Crippen LogP contribution in [0, 0.1) is 5.82 Å². The zero-order valence-corrected chi connectivity index (χ0v) is 20.1. The van der Waals surface area contributed by atoms with Gasteiger partial charge in [-0.1, -0.05) is 5.16 Å². The minimum Gasteiger partial charge on any atom is -0.389 e. The Labute approximate surface area is 200 Å². The number of aromatic nitrogens is 1. The summed E-state index contributed by atoms with van der Waals surface area (Å²) in [5.41, 5.74) is 2.40. The molecule has 1 aromatic heterocycles. The van der Waals surface area contributed by atoms with E-state index >= 15 is 0 Å². The molecular formula is C25H36FN3O5. The molecule has 0 radical (unpaired) electrons. The predicted octanol–water partition coefficient (Wildman–Crippen LogP) is 3.08. The van der Waals surface area contributed by atoms with Crippen molar-refractivity contribution in [1.29, 1.82) is 0 Å². The number of hydrogen-bond donors (Lipinski definition) is 1. The van der Waals surface area contributed by atoms with Crippen LogP contribution in [-0.4, -0.2) is 86.1 Å². The van der Waals surface area contributed by atoms with Crippen molar-refractivity contribution in [3.8, 4) is 11.3 Å². The quantitative estimate of drug-likeness (QED) is 0.529. The van der Waals surface area contributed by atoms with Crippen LogP contribution in [0.15, 0.2) is 28.8 Å². The van der Waals surface area contributed by atoms with Crippen molar-refractivity contribution in [3.05, 3.63) is 35.6 Å². The van der Waals surface area contributed by atoms with Crippen molar-refractivity contribution < 1.29 is 28.2 Å². The number of nitrogens with zero attached hydrogens (tertiary/aromatic N) is 3. The fraction of sp³-hybridized carbons (Fsp3) is 0.640. The summed E-state index contributed by atoms with van der Waals surface area (Å²) in [5, 5.41) is 15.1. The molecule has 0 unspecified atom stereocenters. The Morgan fingerprint density at radius 1 is 1.21 bits per heavy atom. The lowest BCUT2D eigenvalue weighted by molar-refractivity contribution is -0.0172. The van der Waals surface area contributed by atoms with Gasteiger partial charge in [-0.3, -0.25) is 4.90 Å². The maximum Gasteiger partial charge on any atom is 0.232 e.